The van der Waals surface area contributed by atoms with E-state index < -0.39 is 22.2 Å². The van der Waals surface area contributed by atoms with Gasteiger partial charge in [-0.1, -0.05) is 0 Å². The van der Waals surface area contributed by atoms with Crippen molar-refractivity contribution in [2.24, 2.45) is 0 Å². The molecule has 0 amide bonds. The van der Waals surface area contributed by atoms with E-state index in [-0.39, 0.29) is 11.5 Å². The predicted molar refractivity (Wildman–Crippen MR) is 59.5 cm³/mol. The van der Waals surface area contributed by atoms with Gasteiger partial charge in [-0.2, -0.15) is 0 Å². The van der Waals surface area contributed by atoms with Crippen LogP contribution in [-0.2, 0) is 0 Å². The minimum atomic E-state index is -0.748. The molecule has 0 aliphatic carbocycles. The Bertz CT molecular complexity index is 584. The lowest BCUT2D eigenvalue weighted by Crippen LogP contribution is -1.94. The van der Waals surface area contributed by atoms with Crippen LogP contribution in [0.3, 0.4) is 0 Å². The van der Waals surface area contributed by atoms with Gasteiger partial charge in [-0.05, 0) is 36.4 Å². The Labute approximate surface area is 101 Å². The van der Waals surface area contributed by atoms with Gasteiger partial charge in [0.05, 0.1) is 11.0 Å². The molecule has 0 aromatic heterocycles. The smallest absolute Gasteiger partial charge is 0.314 e. The summed E-state index contributed by atoms with van der Waals surface area (Å²) in [6, 6.07) is 7.92. The molecular formula is C12H7F2NO3. The summed E-state index contributed by atoms with van der Waals surface area (Å²) in [6.45, 7) is 0. The topological polar surface area (TPSA) is 52.4 Å². The highest BCUT2D eigenvalue weighted by atomic mass is 19.1. The number of hydrogen-bond acceptors (Lipinski definition) is 3. The van der Waals surface area contributed by atoms with Gasteiger partial charge in [0.1, 0.15) is 17.4 Å². The molecule has 2 rings (SSSR count). The molecule has 0 spiro atoms. The lowest BCUT2D eigenvalue weighted by atomic mass is 10.3. The van der Waals surface area contributed by atoms with Crippen molar-refractivity contribution >= 4 is 5.69 Å². The third-order valence-electron chi connectivity index (χ3n) is 2.16. The highest BCUT2D eigenvalue weighted by molar-refractivity contribution is 5.48. The highest BCUT2D eigenvalue weighted by Gasteiger charge is 2.16. The van der Waals surface area contributed by atoms with Gasteiger partial charge >= 0.3 is 5.69 Å². The number of rotatable bonds is 3. The van der Waals surface area contributed by atoms with Crippen molar-refractivity contribution in [2.45, 2.75) is 0 Å². The van der Waals surface area contributed by atoms with Gasteiger partial charge in [0.2, 0.25) is 5.75 Å². The summed E-state index contributed by atoms with van der Waals surface area (Å²) in [5, 5.41) is 10.7. The van der Waals surface area contributed by atoms with E-state index in [2.05, 4.69) is 0 Å². The third kappa shape index (κ3) is 2.60. The zero-order valence-corrected chi connectivity index (χ0v) is 8.97. The van der Waals surface area contributed by atoms with Crippen molar-refractivity contribution in [1.82, 2.24) is 0 Å². The molecule has 4 nitrogen and oxygen atoms in total. The van der Waals surface area contributed by atoms with Gasteiger partial charge in [-0.3, -0.25) is 10.1 Å². The van der Waals surface area contributed by atoms with Crippen LogP contribution in [0.25, 0.3) is 0 Å². The average molecular weight is 251 g/mol. The Morgan fingerprint density at radius 1 is 1.00 bits per heavy atom. The monoisotopic (exact) mass is 251 g/mol. The van der Waals surface area contributed by atoms with Crippen LogP contribution in [0.1, 0.15) is 0 Å². The highest BCUT2D eigenvalue weighted by Crippen LogP contribution is 2.31. The summed E-state index contributed by atoms with van der Waals surface area (Å²) in [6.07, 6.45) is 0. The van der Waals surface area contributed by atoms with Crippen LogP contribution in [0.5, 0.6) is 11.5 Å². The van der Waals surface area contributed by atoms with E-state index in [9.17, 15) is 18.9 Å². The fourth-order valence-corrected chi connectivity index (χ4v) is 1.35. The van der Waals surface area contributed by atoms with Crippen molar-refractivity contribution in [3.63, 3.8) is 0 Å². The van der Waals surface area contributed by atoms with Crippen molar-refractivity contribution in [3.8, 4) is 11.5 Å². The normalized spacial score (nSPS) is 10.1. The van der Waals surface area contributed by atoms with Crippen LogP contribution in [-0.4, -0.2) is 4.92 Å². The Morgan fingerprint density at radius 3 is 2.22 bits per heavy atom. The van der Waals surface area contributed by atoms with E-state index in [0.717, 1.165) is 30.3 Å². The maximum absolute atomic E-state index is 12.9. The third-order valence-corrected chi connectivity index (χ3v) is 2.16. The van der Waals surface area contributed by atoms with Crippen LogP contribution in [0.15, 0.2) is 42.5 Å². The first kappa shape index (κ1) is 12.0. The molecule has 0 aliphatic rings. The van der Waals surface area contributed by atoms with Crippen molar-refractivity contribution in [3.05, 3.63) is 64.2 Å². The Hall–Kier alpha value is -2.50. The molecule has 0 N–H and O–H groups in total. The molecule has 0 unspecified atom stereocenters. The van der Waals surface area contributed by atoms with Crippen molar-refractivity contribution < 1.29 is 18.4 Å². The molecule has 0 saturated carbocycles. The number of nitro groups is 1. The quantitative estimate of drug-likeness (QED) is 0.617. The van der Waals surface area contributed by atoms with E-state index in [4.69, 9.17) is 4.74 Å². The second-order valence-electron chi connectivity index (χ2n) is 3.43. The summed E-state index contributed by atoms with van der Waals surface area (Å²) in [5.41, 5.74) is -0.487. The lowest BCUT2D eigenvalue weighted by molar-refractivity contribution is -0.385. The molecule has 0 radical (unpaired) electrons. The second-order valence-corrected chi connectivity index (χ2v) is 3.43. The van der Waals surface area contributed by atoms with Gasteiger partial charge in [0, 0.05) is 0 Å². The number of ether oxygens (including phenoxy) is 1. The summed E-state index contributed by atoms with van der Waals surface area (Å²) in [5.74, 6) is -1.05. The minimum absolute atomic E-state index is 0.104. The Kier molecular flexibility index (Phi) is 3.18. The molecule has 0 fully saturated rings. The molecule has 6 heteroatoms. The minimum Gasteiger partial charge on any atom is -0.450 e. The summed E-state index contributed by atoms with van der Waals surface area (Å²) in [4.78, 5) is 9.97. The fourth-order valence-electron chi connectivity index (χ4n) is 1.35. The molecule has 0 aliphatic heterocycles. The standard InChI is InChI=1S/C12H7F2NO3/c13-8-1-4-10(5-2-8)18-12-6-3-9(14)7-11(12)15(16)17/h1-7H. The zero-order chi connectivity index (χ0) is 13.1. The maximum Gasteiger partial charge on any atom is 0.314 e. The first-order valence-corrected chi connectivity index (χ1v) is 4.93. The van der Waals surface area contributed by atoms with Gasteiger partial charge in [0.15, 0.2) is 0 Å². The van der Waals surface area contributed by atoms with E-state index in [1.54, 1.807) is 0 Å². The molecule has 0 heterocycles. The summed E-state index contributed by atoms with van der Waals surface area (Å²) in [7, 11) is 0. The fraction of sp³-hybridized carbons (Fsp3) is 0. The van der Waals surface area contributed by atoms with Gasteiger partial charge < -0.3 is 4.74 Å². The first-order chi connectivity index (χ1) is 8.56. The van der Waals surface area contributed by atoms with E-state index in [1.807, 2.05) is 0 Å². The Balaban J connectivity index is 2.34. The lowest BCUT2D eigenvalue weighted by Gasteiger charge is -2.05. The van der Waals surface area contributed by atoms with Gasteiger partial charge in [-0.15, -0.1) is 0 Å². The van der Waals surface area contributed by atoms with Gasteiger partial charge in [-0.25, -0.2) is 8.78 Å². The van der Waals surface area contributed by atoms with E-state index in [1.165, 1.54) is 12.1 Å². The van der Waals surface area contributed by atoms with Crippen LogP contribution in [0.2, 0.25) is 0 Å². The van der Waals surface area contributed by atoms with E-state index >= 15 is 0 Å². The Morgan fingerprint density at radius 2 is 1.61 bits per heavy atom. The first-order valence-electron chi connectivity index (χ1n) is 4.93. The average Bonchev–Trinajstić information content (AvgIpc) is 2.34. The van der Waals surface area contributed by atoms with Gasteiger partial charge in [0.25, 0.3) is 0 Å². The molecular weight excluding hydrogens is 244 g/mol. The maximum atomic E-state index is 12.9. The molecule has 2 aromatic carbocycles. The predicted octanol–water partition coefficient (Wildman–Crippen LogP) is 3.67. The van der Waals surface area contributed by atoms with E-state index in [0.29, 0.717) is 0 Å². The zero-order valence-electron chi connectivity index (χ0n) is 8.97. The van der Waals surface area contributed by atoms with Crippen LogP contribution < -0.4 is 4.74 Å². The number of nitro benzene ring substituents is 1. The molecule has 0 bridgehead atoms. The second kappa shape index (κ2) is 4.79. The molecule has 0 saturated heterocycles. The van der Waals surface area contributed by atoms with Crippen LogP contribution in [0, 0.1) is 21.7 Å². The molecule has 2 aromatic rings. The van der Waals surface area contributed by atoms with Crippen molar-refractivity contribution in [1.29, 1.82) is 0 Å². The SMILES string of the molecule is O=[N+]([O-])c1cc(F)ccc1Oc1ccc(F)cc1. The number of benzene rings is 2. The number of hydrogen-bond donors (Lipinski definition) is 0. The number of halogens is 2. The van der Waals surface area contributed by atoms with Crippen LogP contribution in [0.4, 0.5) is 14.5 Å². The summed E-state index contributed by atoms with van der Waals surface area (Å²) >= 11 is 0. The molecule has 0 atom stereocenters. The molecule has 92 valence electrons. The summed E-state index contributed by atoms with van der Waals surface area (Å²) < 4.78 is 30.8. The van der Waals surface area contributed by atoms with Crippen molar-refractivity contribution in [2.75, 3.05) is 0 Å². The molecule has 18 heavy (non-hydrogen) atoms. The largest absolute Gasteiger partial charge is 0.450 e. The number of nitrogens with zero attached hydrogens (tertiary/aromatic N) is 1. The van der Waals surface area contributed by atoms with Crippen LogP contribution >= 0.6 is 0 Å².